The fourth-order valence-electron chi connectivity index (χ4n) is 2.54. The van der Waals surface area contributed by atoms with E-state index in [1.54, 1.807) is 6.20 Å². The Balaban J connectivity index is 1.55. The molecule has 1 aliphatic heterocycles. The van der Waals surface area contributed by atoms with Gasteiger partial charge in [0.05, 0.1) is 5.69 Å². The lowest BCUT2D eigenvalue weighted by Crippen LogP contribution is -2.06. The van der Waals surface area contributed by atoms with Crippen molar-refractivity contribution in [2.24, 2.45) is 0 Å². The Morgan fingerprint density at radius 3 is 2.71 bits per heavy atom. The summed E-state index contributed by atoms with van der Waals surface area (Å²) in [6.07, 6.45) is 1.54. The minimum absolute atomic E-state index is 0.212. The average Bonchev–Trinajstić information content (AvgIpc) is 3.10. The Morgan fingerprint density at radius 1 is 1.00 bits per heavy atom. The summed E-state index contributed by atoms with van der Waals surface area (Å²) in [5.41, 5.74) is 1.80. The molecule has 5 nitrogen and oxygen atoms in total. The molecule has 0 unspecified atom stereocenters. The fourth-order valence-corrected chi connectivity index (χ4v) is 2.54. The monoisotopic (exact) mass is 320 g/mol. The SMILES string of the molecule is C[C@@H](Oc1ccc2c(c1)OCO2)c1ccnc(-c2ccccc2)n1. The minimum Gasteiger partial charge on any atom is -0.484 e. The standard InChI is InChI=1S/C19H16N2O3/c1-13(24-15-7-8-17-18(11-15)23-12-22-17)16-9-10-20-19(21-16)14-5-3-2-4-6-14/h2-11,13H,12H2,1H3/t13-/m1/s1. The first-order chi connectivity index (χ1) is 11.8. The maximum absolute atomic E-state index is 5.99. The van der Waals surface area contributed by atoms with Crippen LogP contribution in [0.5, 0.6) is 17.2 Å². The third-order valence-corrected chi connectivity index (χ3v) is 3.78. The highest BCUT2D eigenvalue weighted by molar-refractivity contribution is 5.54. The molecule has 120 valence electrons. The van der Waals surface area contributed by atoms with Gasteiger partial charge in [-0.3, -0.25) is 0 Å². The molecule has 0 N–H and O–H groups in total. The van der Waals surface area contributed by atoms with Crippen LogP contribution in [0.25, 0.3) is 11.4 Å². The van der Waals surface area contributed by atoms with Gasteiger partial charge in [-0.05, 0) is 25.1 Å². The summed E-state index contributed by atoms with van der Waals surface area (Å²) in [4.78, 5) is 8.96. The van der Waals surface area contributed by atoms with E-state index in [1.807, 2.05) is 61.5 Å². The molecule has 0 amide bonds. The summed E-state index contributed by atoms with van der Waals surface area (Å²) in [6.45, 7) is 2.21. The van der Waals surface area contributed by atoms with Crippen LogP contribution in [0.15, 0.2) is 60.8 Å². The quantitative estimate of drug-likeness (QED) is 0.727. The largest absolute Gasteiger partial charge is 0.484 e. The molecule has 0 fully saturated rings. The summed E-state index contributed by atoms with van der Waals surface area (Å²) in [7, 11) is 0. The van der Waals surface area contributed by atoms with Gasteiger partial charge in [-0.15, -0.1) is 0 Å². The van der Waals surface area contributed by atoms with Gasteiger partial charge in [0.2, 0.25) is 6.79 Å². The lowest BCUT2D eigenvalue weighted by atomic mass is 10.2. The minimum atomic E-state index is -0.212. The van der Waals surface area contributed by atoms with Crippen LogP contribution in [-0.2, 0) is 0 Å². The molecule has 0 saturated heterocycles. The van der Waals surface area contributed by atoms with Crippen LogP contribution in [0.1, 0.15) is 18.7 Å². The second kappa shape index (κ2) is 6.20. The molecule has 0 aliphatic carbocycles. The van der Waals surface area contributed by atoms with Gasteiger partial charge < -0.3 is 14.2 Å². The zero-order chi connectivity index (χ0) is 16.4. The van der Waals surface area contributed by atoms with Crippen LogP contribution in [0.4, 0.5) is 0 Å². The van der Waals surface area contributed by atoms with Crippen molar-refractivity contribution in [3.8, 4) is 28.6 Å². The van der Waals surface area contributed by atoms with Crippen molar-refractivity contribution >= 4 is 0 Å². The number of rotatable bonds is 4. The van der Waals surface area contributed by atoms with Crippen molar-refractivity contribution in [3.63, 3.8) is 0 Å². The summed E-state index contributed by atoms with van der Waals surface area (Å²) in [6, 6.07) is 17.3. The molecule has 4 rings (SSSR count). The Labute approximate surface area is 139 Å². The lowest BCUT2D eigenvalue weighted by Gasteiger charge is -2.15. The molecule has 0 bridgehead atoms. The van der Waals surface area contributed by atoms with Gasteiger partial charge in [0.25, 0.3) is 0 Å². The van der Waals surface area contributed by atoms with E-state index in [-0.39, 0.29) is 12.9 Å². The molecular formula is C19H16N2O3. The summed E-state index contributed by atoms with van der Waals surface area (Å²) < 4.78 is 16.7. The van der Waals surface area contributed by atoms with E-state index in [2.05, 4.69) is 9.97 Å². The van der Waals surface area contributed by atoms with E-state index in [0.717, 1.165) is 17.0 Å². The van der Waals surface area contributed by atoms with Gasteiger partial charge >= 0.3 is 0 Å². The van der Waals surface area contributed by atoms with Crippen LogP contribution in [0, 0.1) is 0 Å². The van der Waals surface area contributed by atoms with E-state index < -0.39 is 0 Å². The Kier molecular flexibility index (Phi) is 3.75. The number of aromatic nitrogens is 2. The Morgan fingerprint density at radius 2 is 1.83 bits per heavy atom. The van der Waals surface area contributed by atoms with Crippen molar-refractivity contribution in [1.82, 2.24) is 9.97 Å². The van der Waals surface area contributed by atoms with Gasteiger partial charge in [-0.2, -0.15) is 0 Å². The molecule has 2 heterocycles. The zero-order valence-corrected chi connectivity index (χ0v) is 13.2. The average molecular weight is 320 g/mol. The van der Waals surface area contributed by atoms with Gasteiger partial charge in [0.1, 0.15) is 11.9 Å². The van der Waals surface area contributed by atoms with E-state index in [9.17, 15) is 0 Å². The number of hydrogen-bond acceptors (Lipinski definition) is 5. The molecule has 3 aromatic rings. The Hall–Kier alpha value is -3.08. The number of ether oxygens (including phenoxy) is 3. The topological polar surface area (TPSA) is 53.5 Å². The van der Waals surface area contributed by atoms with Crippen LogP contribution in [0.3, 0.4) is 0 Å². The maximum Gasteiger partial charge on any atom is 0.231 e. The van der Waals surface area contributed by atoms with E-state index in [4.69, 9.17) is 14.2 Å². The molecule has 24 heavy (non-hydrogen) atoms. The van der Waals surface area contributed by atoms with Crippen LogP contribution < -0.4 is 14.2 Å². The summed E-state index contributed by atoms with van der Waals surface area (Å²) >= 11 is 0. The second-order valence-corrected chi connectivity index (χ2v) is 5.45. The normalized spacial score (nSPS) is 13.5. The molecule has 1 aromatic heterocycles. The molecular weight excluding hydrogens is 304 g/mol. The van der Waals surface area contributed by atoms with Crippen LogP contribution >= 0.6 is 0 Å². The van der Waals surface area contributed by atoms with Crippen LogP contribution in [0.2, 0.25) is 0 Å². The zero-order valence-electron chi connectivity index (χ0n) is 13.2. The molecule has 2 aromatic carbocycles. The molecule has 1 atom stereocenters. The third kappa shape index (κ3) is 2.88. The summed E-state index contributed by atoms with van der Waals surface area (Å²) in [5, 5.41) is 0. The molecule has 0 spiro atoms. The van der Waals surface area contributed by atoms with Crippen molar-refractivity contribution in [1.29, 1.82) is 0 Å². The number of nitrogens with zero attached hydrogens (tertiary/aromatic N) is 2. The first-order valence-corrected chi connectivity index (χ1v) is 7.74. The van der Waals surface area contributed by atoms with E-state index >= 15 is 0 Å². The van der Waals surface area contributed by atoms with E-state index in [1.165, 1.54) is 0 Å². The van der Waals surface area contributed by atoms with Crippen molar-refractivity contribution < 1.29 is 14.2 Å². The predicted molar refractivity (Wildman–Crippen MR) is 89.1 cm³/mol. The maximum atomic E-state index is 5.99. The molecule has 0 saturated carbocycles. The summed E-state index contributed by atoms with van der Waals surface area (Å²) in [5.74, 6) is 2.84. The molecule has 5 heteroatoms. The Bertz CT molecular complexity index is 852. The van der Waals surface area contributed by atoms with Crippen LogP contribution in [-0.4, -0.2) is 16.8 Å². The highest BCUT2D eigenvalue weighted by Crippen LogP contribution is 2.36. The van der Waals surface area contributed by atoms with Gasteiger partial charge in [-0.25, -0.2) is 9.97 Å². The van der Waals surface area contributed by atoms with Gasteiger partial charge in [0.15, 0.2) is 17.3 Å². The van der Waals surface area contributed by atoms with Crippen molar-refractivity contribution in [2.45, 2.75) is 13.0 Å². The molecule has 0 radical (unpaired) electrons. The predicted octanol–water partition coefficient (Wildman–Crippen LogP) is 4.01. The van der Waals surface area contributed by atoms with E-state index in [0.29, 0.717) is 17.3 Å². The van der Waals surface area contributed by atoms with Gasteiger partial charge in [0, 0.05) is 17.8 Å². The number of hydrogen-bond donors (Lipinski definition) is 0. The first kappa shape index (κ1) is 14.5. The smallest absolute Gasteiger partial charge is 0.231 e. The molecule has 1 aliphatic rings. The lowest BCUT2D eigenvalue weighted by molar-refractivity contribution is 0.173. The number of benzene rings is 2. The van der Waals surface area contributed by atoms with Gasteiger partial charge in [-0.1, -0.05) is 30.3 Å². The highest BCUT2D eigenvalue weighted by Gasteiger charge is 2.16. The third-order valence-electron chi connectivity index (χ3n) is 3.78. The second-order valence-electron chi connectivity index (χ2n) is 5.45. The number of fused-ring (bicyclic) bond motifs is 1. The highest BCUT2D eigenvalue weighted by atomic mass is 16.7. The van der Waals surface area contributed by atoms with Crippen molar-refractivity contribution in [2.75, 3.05) is 6.79 Å². The fraction of sp³-hybridized carbons (Fsp3) is 0.158. The first-order valence-electron chi connectivity index (χ1n) is 7.74. The van der Waals surface area contributed by atoms with Crippen molar-refractivity contribution in [3.05, 3.63) is 66.5 Å².